The van der Waals surface area contributed by atoms with Crippen molar-refractivity contribution in [2.75, 3.05) is 10.7 Å². The number of aromatic nitrogens is 2. The summed E-state index contributed by atoms with van der Waals surface area (Å²) in [5, 5.41) is 5.44. The van der Waals surface area contributed by atoms with Gasteiger partial charge in [0.25, 0.3) is 5.56 Å². The Morgan fingerprint density at radius 1 is 1.04 bits per heavy atom. The molecule has 26 heavy (non-hydrogen) atoms. The van der Waals surface area contributed by atoms with Crippen LogP contribution in [0.2, 0.25) is 0 Å². The molecule has 1 amide bonds. The van der Waals surface area contributed by atoms with E-state index in [9.17, 15) is 9.59 Å². The molecular formula is C19H16N4O2S. The highest BCUT2D eigenvalue weighted by atomic mass is 32.2. The number of aryl methyl sites for hydroxylation is 2. The van der Waals surface area contributed by atoms with Crippen molar-refractivity contribution in [2.24, 2.45) is 5.10 Å². The Morgan fingerprint density at radius 2 is 1.77 bits per heavy atom. The number of nitrogens with zero attached hydrogens (tertiary/aromatic N) is 4. The molecule has 7 heteroatoms. The molecule has 1 saturated heterocycles. The largest absolute Gasteiger partial charge is 0.282 e. The van der Waals surface area contributed by atoms with Gasteiger partial charge in [-0.2, -0.15) is 4.68 Å². The number of carbonyl (C=O) groups is 1. The molecular weight excluding hydrogens is 348 g/mol. The van der Waals surface area contributed by atoms with Crippen molar-refractivity contribution in [3.05, 3.63) is 70.3 Å². The van der Waals surface area contributed by atoms with E-state index in [-0.39, 0.29) is 11.5 Å². The maximum Gasteiger partial charge on any atom is 0.282 e. The number of fused-ring (bicyclic) bond motifs is 1. The van der Waals surface area contributed by atoms with Gasteiger partial charge in [0.1, 0.15) is 5.82 Å². The van der Waals surface area contributed by atoms with E-state index in [1.807, 2.05) is 37.3 Å². The normalized spacial score (nSPS) is 16.0. The summed E-state index contributed by atoms with van der Waals surface area (Å²) in [5.74, 6) is 0.712. The number of carbonyl (C=O) groups excluding carboxylic acids is 1. The van der Waals surface area contributed by atoms with E-state index in [0.29, 0.717) is 27.6 Å². The van der Waals surface area contributed by atoms with Crippen molar-refractivity contribution < 1.29 is 4.79 Å². The van der Waals surface area contributed by atoms with Gasteiger partial charge in [-0.15, -0.1) is 5.10 Å². The molecule has 1 aliphatic rings. The monoisotopic (exact) mass is 364 g/mol. The Balaban J connectivity index is 1.85. The van der Waals surface area contributed by atoms with E-state index in [4.69, 9.17) is 0 Å². The minimum absolute atomic E-state index is 0.0583. The van der Waals surface area contributed by atoms with Crippen LogP contribution < -0.4 is 10.5 Å². The van der Waals surface area contributed by atoms with E-state index in [2.05, 4.69) is 10.1 Å². The predicted octanol–water partition coefficient (Wildman–Crippen LogP) is 2.91. The lowest BCUT2D eigenvalue weighted by atomic mass is 10.2. The first kappa shape index (κ1) is 16.5. The summed E-state index contributed by atoms with van der Waals surface area (Å²) >= 11 is 1.31. The molecule has 0 atom stereocenters. The number of anilines is 1. The summed E-state index contributed by atoms with van der Waals surface area (Å²) in [4.78, 5) is 31.2. The lowest BCUT2D eigenvalue weighted by molar-refractivity contribution is -0.115. The standard InChI is InChI=1S/C19H16N4O2S/c1-12-7-9-14(10-8-12)22-17(24)11-26-19(22)21-23-13(2)20-16-6-4-3-5-15(16)18(23)25/h3-10H,11H2,1-2H3/b21-19+. The van der Waals surface area contributed by atoms with E-state index < -0.39 is 0 Å². The van der Waals surface area contributed by atoms with Crippen LogP contribution in [-0.4, -0.2) is 26.5 Å². The highest BCUT2D eigenvalue weighted by molar-refractivity contribution is 8.15. The fourth-order valence-corrected chi connectivity index (χ4v) is 3.68. The van der Waals surface area contributed by atoms with E-state index >= 15 is 0 Å². The predicted molar refractivity (Wildman–Crippen MR) is 105 cm³/mol. The number of hydrogen-bond acceptors (Lipinski definition) is 5. The average Bonchev–Trinajstić information content (AvgIpc) is 3.00. The van der Waals surface area contributed by atoms with Crippen LogP contribution in [0.5, 0.6) is 0 Å². The molecule has 0 unspecified atom stereocenters. The second kappa shape index (κ2) is 6.42. The van der Waals surface area contributed by atoms with Crippen LogP contribution >= 0.6 is 11.8 Å². The molecule has 2 aromatic carbocycles. The molecule has 1 fully saturated rings. The molecule has 4 rings (SSSR count). The highest BCUT2D eigenvalue weighted by Gasteiger charge is 2.30. The highest BCUT2D eigenvalue weighted by Crippen LogP contribution is 2.27. The second-order valence-electron chi connectivity index (χ2n) is 6.03. The van der Waals surface area contributed by atoms with Crippen molar-refractivity contribution in [2.45, 2.75) is 13.8 Å². The van der Waals surface area contributed by atoms with E-state index in [1.165, 1.54) is 16.4 Å². The van der Waals surface area contributed by atoms with Crippen molar-refractivity contribution in [1.82, 2.24) is 9.66 Å². The summed E-state index contributed by atoms with van der Waals surface area (Å²) in [5.41, 5.74) is 2.24. The van der Waals surface area contributed by atoms with Crippen LogP contribution in [0.15, 0.2) is 58.4 Å². The molecule has 0 spiro atoms. The van der Waals surface area contributed by atoms with Gasteiger partial charge in [-0.25, -0.2) is 4.98 Å². The number of amidine groups is 1. The summed E-state index contributed by atoms with van der Waals surface area (Å²) in [6.45, 7) is 3.72. The van der Waals surface area contributed by atoms with Gasteiger partial charge >= 0.3 is 0 Å². The van der Waals surface area contributed by atoms with Crippen LogP contribution in [0, 0.1) is 13.8 Å². The quantitative estimate of drug-likeness (QED) is 0.701. The van der Waals surface area contributed by atoms with Crippen LogP contribution in [0.4, 0.5) is 5.69 Å². The fraction of sp³-hybridized carbons (Fsp3) is 0.158. The van der Waals surface area contributed by atoms with E-state index in [0.717, 1.165) is 11.3 Å². The zero-order valence-corrected chi connectivity index (χ0v) is 15.2. The third-order valence-electron chi connectivity index (χ3n) is 4.16. The Kier molecular flexibility index (Phi) is 4.08. The first-order valence-corrected chi connectivity index (χ1v) is 9.13. The molecule has 2 heterocycles. The number of rotatable bonds is 2. The number of benzene rings is 2. The molecule has 0 saturated carbocycles. The third kappa shape index (κ3) is 2.80. The summed E-state index contributed by atoms with van der Waals surface area (Å²) in [6, 6.07) is 14.8. The number of hydrogen-bond donors (Lipinski definition) is 0. The van der Waals surface area contributed by atoms with Crippen LogP contribution in [-0.2, 0) is 4.79 Å². The van der Waals surface area contributed by atoms with Gasteiger partial charge < -0.3 is 0 Å². The molecule has 1 aliphatic heterocycles. The first-order valence-electron chi connectivity index (χ1n) is 8.14. The SMILES string of the molecule is Cc1ccc(N2C(=O)CS/C2=N/n2c(C)nc3ccccc3c2=O)cc1. The number of para-hydroxylation sites is 1. The average molecular weight is 364 g/mol. The van der Waals surface area contributed by atoms with Gasteiger partial charge in [-0.05, 0) is 38.1 Å². The summed E-state index contributed by atoms with van der Waals surface area (Å²) in [6.07, 6.45) is 0. The van der Waals surface area contributed by atoms with Gasteiger partial charge in [0.05, 0.1) is 22.3 Å². The van der Waals surface area contributed by atoms with Crippen molar-refractivity contribution in [3.63, 3.8) is 0 Å². The first-order chi connectivity index (χ1) is 12.5. The minimum Gasteiger partial charge on any atom is -0.273 e. The lowest BCUT2D eigenvalue weighted by Crippen LogP contribution is -2.31. The molecule has 3 aromatic rings. The van der Waals surface area contributed by atoms with Crippen LogP contribution in [0.25, 0.3) is 10.9 Å². The maximum absolute atomic E-state index is 12.8. The topological polar surface area (TPSA) is 67.6 Å². The molecule has 0 radical (unpaired) electrons. The zero-order chi connectivity index (χ0) is 18.3. The second-order valence-corrected chi connectivity index (χ2v) is 6.97. The molecule has 0 N–H and O–H groups in total. The van der Waals surface area contributed by atoms with Gasteiger partial charge in [0.15, 0.2) is 5.17 Å². The van der Waals surface area contributed by atoms with Gasteiger partial charge in [-0.3, -0.25) is 14.5 Å². The molecule has 130 valence electrons. The third-order valence-corrected chi connectivity index (χ3v) is 5.07. The van der Waals surface area contributed by atoms with Gasteiger partial charge in [0, 0.05) is 0 Å². The Hall–Kier alpha value is -2.93. The van der Waals surface area contributed by atoms with Crippen molar-refractivity contribution in [1.29, 1.82) is 0 Å². The molecule has 0 aliphatic carbocycles. The van der Waals surface area contributed by atoms with Crippen molar-refractivity contribution in [3.8, 4) is 0 Å². The smallest absolute Gasteiger partial charge is 0.273 e. The summed E-state index contributed by atoms with van der Waals surface area (Å²) < 4.78 is 1.27. The molecule has 0 bridgehead atoms. The molecule has 1 aromatic heterocycles. The van der Waals surface area contributed by atoms with Crippen LogP contribution in [0.3, 0.4) is 0 Å². The number of thioether (sulfide) groups is 1. The Bertz CT molecular complexity index is 1100. The van der Waals surface area contributed by atoms with Crippen molar-refractivity contribution >= 4 is 39.4 Å². The number of amides is 1. The van der Waals surface area contributed by atoms with Crippen LogP contribution in [0.1, 0.15) is 11.4 Å². The summed E-state index contributed by atoms with van der Waals surface area (Å²) in [7, 11) is 0. The maximum atomic E-state index is 12.8. The lowest BCUT2D eigenvalue weighted by Gasteiger charge is -2.16. The van der Waals surface area contributed by atoms with Gasteiger partial charge in [-0.1, -0.05) is 41.6 Å². The molecule has 6 nitrogen and oxygen atoms in total. The minimum atomic E-state index is -0.246. The van der Waals surface area contributed by atoms with E-state index in [1.54, 1.807) is 30.0 Å². The van der Waals surface area contributed by atoms with Gasteiger partial charge in [0.2, 0.25) is 5.91 Å². The zero-order valence-electron chi connectivity index (χ0n) is 14.3. The Morgan fingerprint density at radius 3 is 2.54 bits per heavy atom. The Labute approximate surface area is 154 Å². The fourth-order valence-electron chi connectivity index (χ4n) is 2.82.